The monoisotopic (exact) mass is 272 g/mol. The van der Waals surface area contributed by atoms with Crippen LogP contribution in [0.25, 0.3) is 0 Å². The minimum absolute atomic E-state index is 0. The van der Waals surface area contributed by atoms with Gasteiger partial charge in [0.15, 0.2) is 0 Å². The van der Waals surface area contributed by atoms with E-state index in [2.05, 4.69) is 5.32 Å². The minimum atomic E-state index is -0.469. The van der Waals surface area contributed by atoms with Crippen LogP contribution in [0.3, 0.4) is 0 Å². The van der Waals surface area contributed by atoms with Crippen LogP contribution < -0.4 is 11.1 Å². The third-order valence-electron chi connectivity index (χ3n) is 2.06. The molecule has 0 aromatic heterocycles. The Morgan fingerprint density at radius 2 is 1.94 bits per heavy atom. The van der Waals surface area contributed by atoms with Crippen molar-refractivity contribution >= 4 is 18.5 Å². The van der Waals surface area contributed by atoms with E-state index in [9.17, 15) is 4.79 Å². The van der Waals surface area contributed by atoms with Crippen LogP contribution in [0.2, 0.25) is 0 Å². The van der Waals surface area contributed by atoms with Crippen LogP contribution >= 0.6 is 12.4 Å². The fraction of sp³-hybridized carbons (Fsp3) is 0.462. The van der Waals surface area contributed by atoms with E-state index in [1.807, 2.05) is 45.0 Å². The number of halogens is 1. The maximum Gasteiger partial charge on any atom is 0.407 e. The van der Waals surface area contributed by atoms with E-state index in [4.69, 9.17) is 10.5 Å². The van der Waals surface area contributed by atoms with Gasteiger partial charge in [-0.15, -0.1) is 12.4 Å². The van der Waals surface area contributed by atoms with Crippen LogP contribution in [0.1, 0.15) is 31.9 Å². The van der Waals surface area contributed by atoms with E-state index < -0.39 is 11.7 Å². The number of nitrogens with two attached hydrogens (primary N) is 1. The first-order valence-corrected chi connectivity index (χ1v) is 5.65. The van der Waals surface area contributed by atoms with Crippen molar-refractivity contribution in [3.63, 3.8) is 0 Å². The molecule has 0 aliphatic carbocycles. The molecule has 4 nitrogen and oxygen atoms in total. The number of carbonyl (C=O) groups is 1. The van der Waals surface area contributed by atoms with Crippen molar-refractivity contribution in [2.45, 2.75) is 39.5 Å². The first kappa shape index (κ1) is 16.7. The lowest BCUT2D eigenvalue weighted by Crippen LogP contribution is -2.32. The van der Waals surface area contributed by atoms with E-state index in [-0.39, 0.29) is 12.4 Å². The van der Waals surface area contributed by atoms with E-state index in [0.29, 0.717) is 13.1 Å². The predicted molar refractivity (Wildman–Crippen MR) is 74.7 cm³/mol. The lowest BCUT2D eigenvalue weighted by molar-refractivity contribution is 0.0523. The van der Waals surface area contributed by atoms with Gasteiger partial charge in [-0.3, -0.25) is 0 Å². The van der Waals surface area contributed by atoms with Crippen molar-refractivity contribution in [1.82, 2.24) is 5.32 Å². The summed E-state index contributed by atoms with van der Waals surface area (Å²) in [5, 5.41) is 2.70. The summed E-state index contributed by atoms with van der Waals surface area (Å²) >= 11 is 0. The maximum atomic E-state index is 11.4. The Hall–Kier alpha value is -1.26. The summed E-state index contributed by atoms with van der Waals surface area (Å²) in [6, 6.07) is 7.79. The third-order valence-corrected chi connectivity index (χ3v) is 2.06. The molecule has 3 N–H and O–H groups in total. The number of alkyl carbamates (subject to hydrolysis) is 1. The second kappa shape index (κ2) is 7.24. The molecule has 0 saturated heterocycles. The van der Waals surface area contributed by atoms with Crippen molar-refractivity contribution in [1.29, 1.82) is 0 Å². The van der Waals surface area contributed by atoms with Crippen LogP contribution in [0.4, 0.5) is 4.79 Å². The number of rotatable bonds is 3. The summed E-state index contributed by atoms with van der Waals surface area (Å²) in [7, 11) is 0. The van der Waals surface area contributed by atoms with E-state index in [1.54, 1.807) is 0 Å². The fourth-order valence-corrected chi connectivity index (χ4v) is 1.35. The summed E-state index contributed by atoms with van der Waals surface area (Å²) in [5.74, 6) is 0. The second-order valence-corrected chi connectivity index (χ2v) is 4.88. The Labute approximate surface area is 114 Å². The highest BCUT2D eigenvalue weighted by Crippen LogP contribution is 2.08. The van der Waals surface area contributed by atoms with Gasteiger partial charge in [-0.1, -0.05) is 24.3 Å². The number of hydrogen-bond donors (Lipinski definition) is 2. The number of nitrogens with one attached hydrogen (secondary N) is 1. The van der Waals surface area contributed by atoms with Gasteiger partial charge in [0.05, 0.1) is 0 Å². The normalized spacial score (nSPS) is 10.4. The van der Waals surface area contributed by atoms with Crippen molar-refractivity contribution < 1.29 is 9.53 Å². The molecule has 1 aromatic rings. The van der Waals surface area contributed by atoms with Gasteiger partial charge >= 0.3 is 6.09 Å². The molecule has 0 fully saturated rings. The Kier molecular flexibility index (Phi) is 6.73. The van der Waals surface area contributed by atoms with Crippen LogP contribution in [0, 0.1) is 0 Å². The van der Waals surface area contributed by atoms with Crippen molar-refractivity contribution in [2.75, 3.05) is 0 Å². The Morgan fingerprint density at radius 3 is 2.50 bits per heavy atom. The minimum Gasteiger partial charge on any atom is -0.444 e. The molecule has 0 aliphatic rings. The van der Waals surface area contributed by atoms with Gasteiger partial charge in [0.2, 0.25) is 0 Å². The SMILES string of the molecule is CC(C)(C)OC(=O)NCc1cccc(CN)c1.Cl. The molecule has 5 heteroatoms. The molecule has 1 amide bonds. The van der Waals surface area contributed by atoms with Crippen LogP contribution in [-0.4, -0.2) is 11.7 Å². The molecule has 1 aromatic carbocycles. The highest BCUT2D eigenvalue weighted by molar-refractivity contribution is 5.85. The number of hydrogen-bond acceptors (Lipinski definition) is 3. The Bertz CT molecular complexity index is 389. The number of carbonyl (C=O) groups excluding carboxylic acids is 1. The number of ether oxygens (including phenoxy) is 1. The van der Waals surface area contributed by atoms with Gasteiger partial charge in [-0.05, 0) is 31.9 Å². The molecule has 0 radical (unpaired) electrons. The first-order valence-electron chi connectivity index (χ1n) is 5.65. The first-order chi connectivity index (χ1) is 7.90. The molecule has 0 bridgehead atoms. The largest absolute Gasteiger partial charge is 0.444 e. The van der Waals surface area contributed by atoms with E-state index in [0.717, 1.165) is 11.1 Å². The zero-order valence-electron chi connectivity index (χ0n) is 11.0. The van der Waals surface area contributed by atoms with Gasteiger partial charge < -0.3 is 15.8 Å². The zero-order valence-corrected chi connectivity index (χ0v) is 11.8. The number of amides is 1. The smallest absolute Gasteiger partial charge is 0.407 e. The maximum absolute atomic E-state index is 11.4. The molecule has 0 unspecified atom stereocenters. The Balaban J connectivity index is 0.00000289. The average Bonchev–Trinajstić information content (AvgIpc) is 2.24. The van der Waals surface area contributed by atoms with Crippen LogP contribution in [0.15, 0.2) is 24.3 Å². The molecule has 1 rings (SSSR count). The molecule has 18 heavy (non-hydrogen) atoms. The molecule has 0 aliphatic heterocycles. The standard InChI is InChI=1S/C13H20N2O2.ClH/c1-13(2,3)17-12(16)15-9-11-6-4-5-10(7-11)8-14;/h4-7H,8-9,14H2,1-3H3,(H,15,16);1H. The second-order valence-electron chi connectivity index (χ2n) is 4.88. The van der Waals surface area contributed by atoms with Gasteiger partial charge in [-0.2, -0.15) is 0 Å². The van der Waals surface area contributed by atoms with Crippen LogP contribution in [-0.2, 0) is 17.8 Å². The lowest BCUT2D eigenvalue weighted by atomic mass is 10.1. The fourth-order valence-electron chi connectivity index (χ4n) is 1.35. The molecule has 102 valence electrons. The molecule has 0 saturated carbocycles. The van der Waals surface area contributed by atoms with Gasteiger partial charge in [0, 0.05) is 13.1 Å². The molecule has 0 atom stereocenters. The van der Waals surface area contributed by atoms with Crippen molar-refractivity contribution in [3.8, 4) is 0 Å². The molecule has 0 spiro atoms. The number of benzene rings is 1. The molecular formula is C13H21ClN2O2. The van der Waals surface area contributed by atoms with E-state index in [1.165, 1.54) is 0 Å². The average molecular weight is 273 g/mol. The van der Waals surface area contributed by atoms with E-state index >= 15 is 0 Å². The summed E-state index contributed by atoms with van der Waals surface area (Å²) in [4.78, 5) is 11.4. The summed E-state index contributed by atoms with van der Waals surface area (Å²) in [5.41, 5.74) is 7.14. The predicted octanol–water partition coefficient (Wildman–Crippen LogP) is 2.59. The summed E-state index contributed by atoms with van der Waals surface area (Å²) < 4.78 is 5.14. The third kappa shape index (κ3) is 6.47. The topological polar surface area (TPSA) is 64.3 Å². The van der Waals surface area contributed by atoms with Crippen LogP contribution in [0.5, 0.6) is 0 Å². The van der Waals surface area contributed by atoms with Gasteiger partial charge in [-0.25, -0.2) is 4.79 Å². The quantitative estimate of drug-likeness (QED) is 0.889. The molecular weight excluding hydrogens is 252 g/mol. The van der Waals surface area contributed by atoms with Gasteiger partial charge in [0.25, 0.3) is 0 Å². The van der Waals surface area contributed by atoms with Crippen molar-refractivity contribution in [3.05, 3.63) is 35.4 Å². The lowest BCUT2D eigenvalue weighted by Gasteiger charge is -2.19. The van der Waals surface area contributed by atoms with Crippen molar-refractivity contribution in [2.24, 2.45) is 5.73 Å². The Morgan fingerprint density at radius 1 is 1.33 bits per heavy atom. The van der Waals surface area contributed by atoms with Gasteiger partial charge in [0.1, 0.15) is 5.60 Å². The molecule has 0 heterocycles. The highest BCUT2D eigenvalue weighted by Gasteiger charge is 2.15. The summed E-state index contributed by atoms with van der Waals surface area (Å²) in [6.07, 6.45) is -0.407. The summed E-state index contributed by atoms with van der Waals surface area (Å²) in [6.45, 7) is 6.45. The highest BCUT2D eigenvalue weighted by atomic mass is 35.5. The zero-order chi connectivity index (χ0) is 12.9.